The lowest BCUT2D eigenvalue weighted by Gasteiger charge is -2.23. The van der Waals surface area contributed by atoms with Crippen LogP contribution in [0.2, 0.25) is 0 Å². The van der Waals surface area contributed by atoms with Crippen molar-refractivity contribution in [1.82, 2.24) is 10.3 Å². The van der Waals surface area contributed by atoms with E-state index in [9.17, 15) is 22.8 Å². The molecule has 0 bridgehead atoms. The summed E-state index contributed by atoms with van der Waals surface area (Å²) in [6.45, 7) is 0.435. The van der Waals surface area contributed by atoms with Crippen LogP contribution in [0.3, 0.4) is 0 Å². The summed E-state index contributed by atoms with van der Waals surface area (Å²) in [5.41, 5.74) is 8.25. The Labute approximate surface area is 215 Å². The maximum absolute atomic E-state index is 13.4. The maximum Gasteiger partial charge on any atom is 0.490 e. The molecule has 4 N–H and O–H groups in total. The number of carbonyl (C=O) groups excluding carboxylic acids is 2. The zero-order chi connectivity index (χ0) is 27.0. The second-order valence-corrected chi connectivity index (χ2v) is 9.84. The van der Waals surface area contributed by atoms with Gasteiger partial charge in [0.25, 0.3) is 0 Å². The number of thiazole rings is 1. The summed E-state index contributed by atoms with van der Waals surface area (Å²) in [5.74, 6) is -2.58. The number of hydrogen-bond acceptors (Lipinski definition) is 6. The number of benzene rings is 2. The van der Waals surface area contributed by atoms with Crippen molar-refractivity contribution >= 4 is 39.2 Å². The number of para-hydroxylation sites is 1. The van der Waals surface area contributed by atoms with Crippen LogP contribution in [-0.4, -0.2) is 33.9 Å². The van der Waals surface area contributed by atoms with E-state index in [0.29, 0.717) is 23.9 Å². The van der Waals surface area contributed by atoms with Gasteiger partial charge in [-0.15, -0.1) is 11.3 Å². The van der Waals surface area contributed by atoms with Crippen LogP contribution in [0.1, 0.15) is 65.5 Å². The molecule has 1 aliphatic carbocycles. The Morgan fingerprint density at radius 3 is 2.24 bits per heavy atom. The van der Waals surface area contributed by atoms with Gasteiger partial charge in [0, 0.05) is 13.0 Å². The number of ketones is 1. The molecule has 7 nitrogen and oxygen atoms in total. The van der Waals surface area contributed by atoms with Crippen LogP contribution in [-0.2, 0) is 16.1 Å². The highest BCUT2D eigenvalue weighted by Crippen LogP contribution is 2.29. The number of halogens is 3. The average molecular weight is 536 g/mol. The van der Waals surface area contributed by atoms with Gasteiger partial charge in [-0.2, -0.15) is 13.2 Å². The van der Waals surface area contributed by atoms with Crippen molar-refractivity contribution in [2.75, 3.05) is 0 Å². The normalized spacial score (nSPS) is 14.9. The molecule has 1 heterocycles. The molecule has 1 saturated carbocycles. The van der Waals surface area contributed by atoms with Gasteiger partial charge in [0.15, 0.2) is 5.01 Å². The molecule has 11 heteroatoms. The number of amides is 1. The zero-order valence-electron chi connectivity index (χ0n) is 20.0. The van der Waals surface area contributed by atoms with Crippen LogP contribution >= 0.6 is 11.3 Å². The lowest BCUT2D eigenvalue weighted by atomic mass is 9.86. The minimum atomic E-state index is -5.08. The fraction of sp³-hybridized carbons (Fsp3) is 0.385. The number of carboxylic acids is 1. The summed E-state index contributed by atoms with van der Waals surface area (Å²) in [4.78, 5) is 39.6. The number of fused-ring (bicyclic) bond motifs is 1. The predicted molar refractivity (Wildman–Crippen MR) is 134 cm³/mol. The molecular weight excluding hydrogens is 507 g/mol. The summed E-state index contributed by atoms with van der Waals surface area (Å²) >= 11 is 1.37. The van der Waals surface area contributed by atoms with Gasteiger partial charge in [-0.1, -0.05) is 55.7 Å². The van der Waals surface area contributed by atoms with Crippen molar-refractivity contribution < 1.29 is 32.7 Å². The Balaban J connectivity index is 0.000000479. The molecule has 1 unspecified atom stereocenters. The Morgan fingerprint density at radius 2 is 1.68 bits per heavy atom. The number of carbonyl (C=O) groups is 3. The first kappa shape index (κ1) is 28.3. The number of alkyl halides is 3. The largest absolute Gasteiger partial charge is 0.490 e. The number of rotatable bonds is 7. The average Bonchev–Trinajstić information content (AvgIpc) is 3.32. The monoisotopic (exact) mass is 535 g/mol. The van der Waals surface area contributed by atoms with Crippen LogP contribution in [0.25, 0.3) is 10.2 Å². The number of aromatic nitrogens is 1. The third-order valence-electron chi connectivity index (χ3n) is 6.06. The van der Waals surface area contributed by atoms with E-state index in [1.165, 1.54) is 30.6 Å². The SMILES string of the molecule is NCc1ccc(C(NC(=O)CC2CCCCC2)C(=O)c2nc3ccccc3s2)cc1.O=C(O)C(F)(F)F. The van der Waals surface area contributed by atoms with E-state index >= 15 is 0 Å². The first-order chi connectivity index (χ1) is 17.6. The number of aliphatic carboxylic acids is 1. The van der Waals surface area contributed by atoms with Gasteiger partial charge in [-0.25, -0.2) is 9.78 Å². The molecule has 0 spiro atoms. The van der Waals surface area contributed by atoms with E-state index in [2.05, 4.69) is 10.3 Å². The van der Waals surface area contributed by atoms with Gasteiger partial charge < -0.3 is 16.2 Å². The van der Waals surface area contributed by atoms with Crippen molar-refractivity contribution in [3.8, 4) is 0 Å². The number of hydrogen-bond donors (Lipinski definition) is 3. The Bertz CT molecular complexity index is 1190. The summed E-state index contributed by atoms with van der Waals surface area (Å²) < 4.78 is 32.7. The second kappa shape index (κ2) is 12.8. The Kier molecular flexibility index (Phi) is 9.76. The van der Waals surface area contributed by atoms with Crippen LogP contribution in [0, 0.1) is 5.92 Å². The fourth-order valence-corrected chi connectivity index (χ4v) is 5.06. The topological polar surface area (TPSA) is 122 Å². The van der Waals surface area contributed by atoms with Crippen molar-refractivity contribution in [1.29, 1.82) is 0 Å². The quantitative estimate of drug-likeness (QED) is 0.348. The van der Waals surface area contributed by atoms with Crippen molar-refractivity contribution in [3.05, 3.63) is 64.7 Å². The first-order valence-electron chi connectivity index (χ1n) is 11.9. The van der Waals surface area contributed by atoms with E-state index < -0.39 is 18.2 Å². The lowest BCUT2D eigenvalue weighted by Crippen LogP contribution is -2.35. The number of carboxylic acid groups (broad SMARTS) is 1. The molecule has 0 radical (unpaired) electrons. The van der Waals surface area contributed by atoms with Crippen molar-refractivity contribution in [2.45, 2.75) is 57.3 Å². The maximum atomic E-state index is 13.4. The highest BCUT2D eigenvalue weighted by atomic mass is 32.1. The number of nitrogens with one attached hydrogen (secondary N) is 1. The minimum Gasteiger partial charge on any atom is -0.475 e. The highest BCUT2D eigenvalue weighted by molar-refractivity contribution is 7.20. The van der Waals surface area contributed by atoms with Crippen LogP contribution < -0.4 is 11.1 Å². The van der Waals surface area contributed by atoms with Gasteiger partial charge in [-0.05, 0) is 42.0 Å². The van der Waals surface area contributed by atoms with E-state index in [1.54, 1.807) is 0 Å². The van der Waals surface area contributed by atoms with Gasteiger partial charge in [0.2, 0.25) is 11.7 Å². The zero-order valence-corrected chi connectivity index (χ0v) is 20.8. The minimum absolute atomic E-state index is 0.0655. The molecule has 0 saturated heterocycles. The molecule has 0 aliphatic heterocycles. The molecule has 1 atom stereocenters. The molecule has 2 aromatic carbocycles. The lowest BCUT2D eigenvalue weighted by molar-refractivity contribution is -0.192. The van der Waals surface area contributed by atoms with Crippen molar-refractivity contribution in [2.24, 2.45) is 11.7 Å². The van der Waals surface area contributed by atoms with Crippen molar-refractivity contribution in [3.63, 3.8) is 0 Å². The molecule has 198 valence electrons. The van der Waals surface area contributed by atoms with E-state index in [0.717, 1.165) is 34.2 Å². The Morgan fingerprint density at radius 1 is 1.05 bits per heavy atom. The number of nitrogens with zero attached hydrogens (tertiary/aromatic N) is 1. The van der Waals surface area contributed by atoms with Crippen LogP contribution in [0.15, 0.2) is 48.5 Å². The number of nitrogens with two attached hydrogens (primary N) is 1. The molecule has 1 aliphatic rings. The van der Waals surface area contributed by atoms with E-state index in [-0.39, 0.29) is 11.7 Å². The molecule has 4 rings (SSSR count). The van der Waals surface area contributed by atoms with Gasteiger partial charge in [-0.3, -0.25) is 9.59 Å². The Hall–Kier alpha value is -3.31. The molecular formula is C26H28F3N3O4S. The molecule has 3 aromatic rings. The predicted octanol–water partition coefficient (Wildman–Crippen LogP) is 5.40. The second-order valence-electron chi connectivity index (χ2n) is 8.81. The highest BCUT2D eigenvalue weighted by Gasteiger charge is 2.38. The van der Waals surface area contributed by atoms with E-state index in [4.69, 9.17) is 15.6 Å². The molecule has 1 fully saturated rings. The summed E-state index contributed by atoms with van der Waals surface area (Å²) in [7, 11) is 0. The fourth-order valence-electron chi connectivity index (χ4n) is 4.12. The third kappa shape index (κ3) is 8.09. The van der Waals surface area contributed by atoms with Gasteiger partial charge in [0.05, 0.1) is 10.2 Å². The van der Waals surface area contributed by atoms with Crippen LogP contribution in [0.4, 0.5) is 13.2 Å². The van der Waals surface area contributed by atoms with Crippen LogP contribution in [0.5, 0.6) is 0 Å². The summed E-state index contributed by atoms with van der Waals surface area (Å²) in [6, 6.07) is 14.5. The first-order valence-corrected chi connectivity index (χ1v) is 12.7. The molecule has 37 heavy (non-hydrogen) atoms. The standard InChI is InChI=1S/C24H27N3O2S.C2HF3O2/c25-15-17-10-12-18(13-11-17)22(27-21(28)14-16-6-2-1-3-7-16)23(29)24-26-19-8-4-5-9-20(19)30-24;3-2(4,5)1(6)7/h4-5,8-13,16,22H,1-3,6-7,14-15,25H2,(H,27,28);(H,6,7). The number of Topliss-reactive ketones (excluding diaryl/α,β-unsaturated/α-hetero) is 1. The van der Waals surface area contributed by atoms with E-state index in [1.807, 2.05) is 48.5 Å². The summed E-state index contributed by atoms with van der Waals surface area (Å²) in [5, 5.41) is 10.6. The smallest absolute Gasteiger partial charge is 0.475 e. The van der Waals surface area contributed by atoms with Gasteiger partial charge in [0.1, 0.15) is 6.04 Å². The molecule has 1 aromatic heterocycles. The summed E-state index contributed by atoms with van der Waals surface area (Å²) in [6.07, 6.45) is 1.21. The van der Waals surface area contributed by atoms with Gasteiger partial charge >= 0.3 is 12.1 Å². The third-order valence-corrected chi connectivity index (χ3v) is 7.11. The molecule has 1 amide bonds.